The van der Waals surface area contributed by atoms with Crippen LogP contribution in [0.1, 0.15) is 33.6 Å². The first kappa shape index (κ1) is 10.0. The minimum atomic E-state index is -0.0834. The van der Waals surface area contributed by atoms with Crippen molar-refractivity contribution in [3.63, 3.8) is 0 Å². The first-order chi connectivity index (χ1) is 5.61. The Morgan fingerprint density at radius 3 is 2.50 bits per heavy atom. The van der Waals surface area contributed by atoms with Crippen molar-refractivity contribution in [3.8, 4) is 0 Å². The number of hydrogen-bond donors (Lipinski definition) is 1. The summed E-state index contributed by atoms with van der Waals surface area (Å²) in [4.78, 5) is 2.40. The number of aliphatic hydroxyl groups excluding tert-OH is 1. The number of β-amino-alcohol motifs (C(OH)–C–C–N with tert-alkyl or cyclic N) is 1. The molecule has 12 heavy (non-hydrogen) atoms. The first-order valence-electron chi connectivity index (χ1n) is 5.03. The molecular formula is C10H21NO. The molecule has 2 heteroatoms. The monoisotopic (exact) mass is 171 g/mol. The molecule has 0 aliphatic carbocycles. The van der Waals surface area contributed by atoms with Gasteiger partial charge in [-0.2, -0.15) is 0 Å². The quantitative estimate of drug-likeness (QED) is 0.680. The van der Waals surface area contributed by atoms with E-state index in [9.17, 15) is 5.11 Å². The molecule has 1 aliphatic heterocycles. The highest BCUT2D eigenvalue weighted by Gasteiger charge is 2.23. The molecule has 0 aromatic rings. The zero-order valence-corrected chi connectivity index (χ0v) is 8.45. The Hall–Kier alpha value is -0.0800. The molecule has 0 amide bonds. The average molecular weight is 171 g/mol. The van der Waals surface area contributed by atoms with E-state index in [1.165, 1.54) is 0 Å². The molecule has 1 rings (SSSR count). The highest BCUT2D eigenvalue weighted by molar-refractivity contribution is 4.77. The third-order valence-electron chi connectivity index (χ3n) is 2.97. The van der Waals surface area contributed by atoms with E-state index in [4.69, 9.17) is 0 Å². The molecule has 1 saturated heterocycles. The number of hydrogen-bond acceptors (Lipinski definition) is 2. The van der Waals surface area contributed by atoms with Crippen LogP contribution >= 0.6 is 0 Å². The van der Waals surface area contributed by atoms with Gasteiger partial charge in [0.05, 0.1) is 6.10 Å². The lowest BCUT2D eigenvalue weighted by molar-refractivity contribution is 0.0392. The van der Waals surface area contributed by atoms with E-state index in [0.29, 0.717) is 12.0 Å². The Morgan fingerprint density at radius 1 is 1.33 bits per heavy atom. The summed E-state index contributed by atoms with van der Waals surface area (Å²) in [7, 11) is 0. The van der Waals surface area contributed by atoms with Gasteiger partial charge in [0, 0.05) is 12.6 Å². The lowest BCUT2D eigenvalue weighted by atomic mass is 10.00. The lowest BCUT2D eigenvalue weighted by Crippen LogP contribution is -2.45. The predicted molar refractivity (Wildman–Crippen MR) is 51.1 cm³/mol. The normalized spacial score (nSPS) is 29.2. The van der Waals surface area contributed by atoms with Crippen LogP contribution < -0.4 is 0 Å². The van der Waals surface area contributed by atoms with Crippen molar-refractivity contribution in [1.29, 1.82) is 0 Å². The van der Waals surface area contributed by atoms with Crippen LogP contribution in [0.15, 0.2) is 0 Å². The van der Waals surface area contributed by atoms with Gasteiger partial charge in [0.2, 0.25) is 0 Å². The van der Waals surface area contributed by atoms with Crippen LogP contribution in [-0.4, -0.2) is 35.2 Å². The molecular weight excluding hydrogens is 150 g/mol. The molecule has 72 valence electrons. The van der Waals surface area contributed by atoms with Gasteiger partial charge in [-0.3, -0.25) is 4.90 Å². The third kappa shape index (κ3) is 2.46. The molecule has 0 radical (unpaired) electrons. The standard InChI is InChI=1S/C10H21NO/c1-8(2)9(3)11-6-4-5-10(12)7-11/h8-10,12H,4-7H2,1-3H3/t9?,10-/m1/s1. The number of piperidine rings is 1. The summed E-state index contributed by atoms with van der Waals surface area (Å²) in [6.07, 6.45) is 2.06. The fourth-order valence-corrected chi connectivity index (χ4v) is 1.77. The van der Waals surface area contributed by atoms with Gasteiger partial charge in [0.1, 0.15) is 0 Å². The average Bonchev–Trinajstić information content (AvgIpc) is 2.03. The smallest absolute Gasteiger partial charge is 0.0667 e. The number of rotatable bonds is 2. The molecule has 1 aliphatic rings. The Kier molecular flexibility index (Phi) is 3.53. The highest BCUT2D eigenvalue weighted by atomic mass is 16.3. The highest BCUT2D eigenvalue weighted by Crippen LogP contribution is 2.16. The molecule has 1 fully saturated rings. The maximum Gasteiger partial charge on any atom is 0.0667 e. The fourth-order valence-electron chi connectivity index (χ4n) is 1.77. The first-order valence-corrected chi connectivity index (χ1v) is 5.03. The van der Waals surface area contributed by atoms with Crippen molar-refractivity contribution in [2.45, 2.75) is 45.8 Å². The summed E-state index contributed by atoms with van der Waals surface area (Å²) in [5.41, 5.74) is 0. The summed E-state index contributed by atoms with van der Waals surface area (Å²) in [6.45, 7) is 8.77. The summed E-state index contributed by atoms with van der Waals surface area (Å²) >= 11 is 0. The molecule has 1 N–H and O–H groups in total. The van der Waals surface area contributed by atoms with Gasteiger partial charge in [-0.15, -0.1) is 0 Å². The van der Waals surface area contributed by atoms with Crippen LogP contribution in [0.4, 0.5) is 0 Å². The molecule has 2 nitrogen and oxygen atoms in total. The van der Waals surface area contributed by atoms with Crippen molar-refractivity contribution in [2.75, 3.05) is 13.1 Å². The minimum Gasteiger partial charge on any atom is -0.392 e. The Morgan fingerprint density at radius 2 is 2.00 bits per heavy atom. The van der Waals surface area contributed by atoms with Crippen LogP contribution in [-0.2, 0) is 0 Å². The van der Waals surface area contributed by atoms with Crippen molar-refractivity contribution in [3.05, 3.63) is 0 Å². The van der Waals surface area contributed by atoms with E-state index < -0.39 is 0 Å². The summed E-state index contributed by atoms with van der Waals surface area (Å²) in [5, 5.41) is 9.47. The van der Waals surface area contributed by atoms with Gasteiger partial charge in [0.15, 0.2) is 0 Å². The van der Waals surface area contributed by atoms with Crippen molar-refractivity contribution in [2.24, 2.45) is 5.92 Å². The summed E-state index contributed by atoms with van der Waals surface area (Å²) < 4.78 is 0. The Bertz CT molecular complexity index is 136. The zero-order chi connectivity index (χ0) is 9.14. The molecule has 0 aromatic heterocycles. The van der Waals surface area contributed by atoms with Crippen LogP contribution in [0.2, 0.25) is 0 Å². The second kappa shape index (κ2) is 4.24. The van der Waals surface area contributed by atoms with E-state index >= 15 is 0 Å². The Labute approximate surface area is 75.6 Å². The second-order valence-corrected chi connectivity index (χ2v) is 4.28. The van der Waals surface area contributed by atoms with Crippen LogP contribution in [0.3, 0.4) is 0 Å². The third-order valence-corrected chi connectivity index (χ3v) is 2.97. The summed E-state index contributed by atoms with van der Waals surface area (Å²) in [6, 6.07) is 0.611. The molecule has 0 aromatic carbocycles. The SMILES string of the molecule is CC(C)C(C)N1CCC[C@@H](O)C1. The van der Waals surface area contributed by atoms with E-state index in [1.54, 1.807) is 0 Å². The number of nitrogens with zero attached hydrogens (tertiary/aromatic N) is 1. The van der Waals surface area contributed by atoms with Crippen LogP contribution in [0, 0.1) is 5.92 Å². The summed E-state index contributed by atoms with van der Waals surface area (Å²) in [5.74, 6) is 0.690. The topological polar surface area (TPSA) is 23.5 Å². The van der Waals surface area contributed by atoms with Gasteiger partial charge < -0.3 is 5.11 Å². The molecule has 1 heterocycles. The largest absolute Gasteiger partial charge is 0.392 e. The zero-order valence-electron chi connectivity index (χ0n) is 8.45. The Balaban J connectivity index is 2.40. The molecule has 0 saturated carbocycles. The van der Waals surface area contributed by atoms with Gasteiger partial charge in [-0.25, -0.2) is 0 Å². The van der Waals surface area contributed by atoms with Gasteiger partial charge in [-0.1, -0.05) is 13.8 Å². The molecule has 0 spiro atoms. The fraction of sp³-hybridized carbons (Fsp3) is 1.00. The number of likely N-dealkylation sites (tertiary alicyclic amines) is 1. The van der Waals surface area contributed by atoms with Crippen molar-refractivity contribution in [1.82, 2.24) is 4.90 Å². The van der Waals surface area contributed by atoms with Gasteiger partial charge >= 0.3 is 0 Å². The molecule has 1 unspecified atom stereocenters. The van der Waals surface area contributed by atoms with Gasteiger partial charge in [0.25, 0.3) is 0 Å². The maximum atomic E-state index is 9.47. The van der Waals surface area contributed by atoms with Crippen LogP contribution in [0.25, 0.3) is 0 Å². The predicted octanol–water partition coefficient (Wildman–Crippen LogP) is 1.49. The second-order valence-electron chi connectivity index (χ2n) is 4.28. The van der Waals surface area contributed by atoms with E-state index in [1.807, 2.05) is 0 Å². The maximum absolute atomic E-state index is 9.47. The van der Waals surface area contributed by atoms with Crippen molar-refractivity contribution < 1.29 is 5.11 Å². The van der Waals surface area contributed by atoms with E-state index in [0.717, 1.165) is 25.9 Å². The molecule has 0 bridgehead atoms. The lowest BCUT2D eigenvalue weighted by Gasteiger charge is -2.36. The van der Waals surface area contributed by atoms with Gasteiger partial charge in [-0.05, 0) is 32.2 Å². The molecule has 2 atom stereocenters. The van der Waals surface area contributed by atoms with E-state index in [-0.39, 0.29) is 6.10 Å². The van der Waals surface area contributed by atoms with Crippen LogP contribution in [0.5, 0.6) is 0 Å². The van der Waals surface area contributed by atoms with E-state index in [2.05, 4.69) is 25.7 Å². The minimum absolute atomic E-state index is 0.0834. The van der Waals surface area contributed by atoms with Crippen molar-refractivity contribution >= 4 is 0 Å². The number of aliphatic hydroxyl groups is 1.